The molecule has 15 atom stereocenters. The lowest BCUT2D eigenvalue weighted by molar-refractivity contribution is -0.140. The van der Waals surface area contributed by atoms with Crippen LogP contribution in [0.5, 0.6) is 0 Å². The molecule has 3 saturated heterocycles. The minimum absolute atomic E-state index is 0.000227. The Morgan fingerprint density at radius 1 is 0.541 bits per heavy atom. The first-order valence-corrected chi connectivity index (χ1v) is 42.0. The van der Waals surface area contributed by atoms with Crippen molar-refractivity contribution in [3.63, 3.8) is 0 Å². The number of aliphatic hydroxyl groups excluding tert-OH is 4. The molecule has 0 radical (unpaired) electrons. The largest absolute Gasteiger partial charge is 0.393 e. The Bertz CT molecular complexity index is 3400. The van der Waals surface area contributed by atoms with Crippen molar-refractivity contribution in [2.75, 3.05) is 31.1 Å². The van der Waals surface area contributed by atoms with Gasteiger partial charge < -0.3 is 101 Å². The highest BCUT2D eigenvalue weighted by Crippen LogP contribution is 2.34. The van der Waals surface area contributed by atoms with E-state index in [1.54, 1.807) is 34.6 Å². The zero-order valence-electron chi connectivity index (χ0n) is 66.2. The van der Waals surface area contributed by atoms with Gasteiger partial charge in [0.25, 0.3) is 0 Å². The number of hydrogen-bond donors (Lipinski definition) is 19. The Kier molecular flexibility index (Phi) is 34.6. The molecule has 1 aromatic carbocycles. The van der Waals surface area contributed by atoms with E-state index in [9.17, 15) is 63.6 Å². The molecule has 34 heteroatoms. The number of thioether (sulfide) groups is 2. The Labute approximate surface area is 660 Å². The van der Waals surface area contributed by atoms with Crippen molar-refractivity contribution in [3.8, 4) is 0 Å². The highest BCUT2D eigenvalue weighted by atomic mass is 32.2. The number of benzene rings is 1. The van der Waals surface area contributed by atoms with Gasteiger partial charge >= 0.3 is 0 Å². The van der Waals surface area contributed by atoms with Crippen LogP contribution >= 0.6 is 23.5 Å². The Morgan fingerprint density at radius 2 is 1.09 bits per heavy atom. The van der Waals surface area contributed by atoms with Gasteiger partial charge in [-0.25, -0.2) is 0 Å². The van der Waals surface area contributed by atoms with Gasteiger partial charge in [-0.05, 0) is 203 Å². The van der Waals surface area contributed by atoms with Crippen LogP contribution in [0.4, 0.5) is 0 Å². The smallest absolute Gasteiger partial charge is 0.246 e. The lowest BCUT2D eigenvalue weighted by Gasteiger charge is -2.37. The van der Waals surface area contributed by atoms with Crippen LogP contribution in [0.1, 0.15) is 202 Å². The average Bonchev–Trinajstić information content (AvgIpc) is 1.80. The lowest BCUT2D eigenvalue weighted by Crippen LogP contribution is -2.67. The topological polar surface area (TPSA) is 497 Å². The molecule has 111 heavy (non-hydrogen) atoms. The molecule has 20 N–H and O–H groups in total. The number of nitrogens with one attached hydrogen (secondary N) is 14. The number of carbonyl (C=O) groups is 13. The van der Waals surface area contributed by atoms with E-state index in [4.69, 9.17) is 5.73 Å². The zero-order valence-corrected chi connectivity index (χ0v) is 67.8. The molecular formula is C77H125N15O17S2. The molecule has 0 spiro atoms. The number of carbonyl (C=O) groups excluding carboxylic acids is 13. The van der Waals surface area contributed by atoms with E-state index in [1.807, 2.05) is 24.3 Å². The number of amides is 13. The number of nitrogens with two attached hydrogens (primary N) is 1. The molecule has 5 fully saturated rings. The third-order valence-electron chi connectivity index (χ3n) is 22.6. The van der Waals surface area contributed by atoms with E-state index in [1.165, 1.54) is 58.1 Å². The minimum atomic E-state index is -1.92. The van der Waals surface area contributed by atoms with Gasteiger partial charge in [-0.15, -0.1) is 0 Å². The maximum Gasteiger partial charge on any atom is 0.246 e. The summed E-state index contributed by atoms with van der Waals surface area (Å²) in [6.07, 6.45) is 0.0405. The Morgan fingerprint density at radius 3 is 1.69 bits per heavy atom. The summed E-state index contributed by atoms with van der Waals surface area (Å²) in [6, 6.07) is -5.64. The highest BCUT2D eigenvalue weighted by Gasteiger charge is 2.47. The fraction of sp³-hybridized carbons (Fsp3) is 0.753. The molecule has 4 aliphatic heterocycles. The number of rotatable bonds is 10. The first kappa shape index (κ1) is 91.0. The lowest BCUT2D eigenvalue weighted by atomic mass is 9.82. The third kappa shape index (κ3) is 27.5. The van der Waals surface area contributed by atoms with Gasteiger partial charge in [0.05, 0.1) is 30.6 Å². The zero-order chi connectivity index (χ0) is 81.7. The van der Waals surface area contributed by atoms with E-state index >= 15 is 19.2 Å². The van der Waals surface area contributed by atoms with Gasteiger partial charge in [-0.3, -0.25) is 62.3 Å². The highest BCUT2D eigenvalue weighted by molar-refractivity contribution is 7.98. The summed E-state index contributed by atoms with van der Waals surface area (Å²) in [5, 5.41) is 83.6. The minimum Gasteiger partial charge on any atom is -0.393 e. The van der Waals surface area contributed by atoms with Crippen LogP contribution in [0, 0.1) is 35.0 Å². The predicted molar refractivity (Wildman–Crippen MR) is 418 cm³/mol. The van der Waals surface area contributed by atoms with Gasteiger partial charge in [0, 0.05) is 42.4 Å². The number of fused-ring (bicyclic) bond motifs is 12. The third-order valence-corrected chi connectivity index (χ3v) is 24.7. The van der Waals surface area contributed by atoms with Gasteiger partial charge in [0.15, 0.2) is 0 Å². The number of aliphatic hydroxyl groups is 4. The van der Waals surface area contributed by atoms with Gasteiger partial charge in [0.2, 0.25) is 76.8 Å². The number of piperidine rings is 1. The quantitative estimate of drug-likeness (QED) is 0.141. The predicted octanol–water partition coefficient (Wildman–Crippen LogP) is -0.464. The summed E-state index contributed by atoms with van der Waals surface area (Å²) in [5.41, 5.74) is 2.88. The monoisotopic (exact) mass is 1600 g/mol. The Balaban J connectivity index is 1.28. The van der Waals surface area contributed by atoms with Crippen LogP contribution in [-0.2, 0) is 73.8 Å². The van der Waals surface area contributed by atoms with Crippen LogP contribution < -0.4 is 80.2 Å². The van der Waals surface area contributed by atoms with E-state index in [-0.39, 0.29) is 87.1 Å². The second-order valence-electron chi connectivity index (χ2n) is 33.5. The van der Waals surface area contributed by atoms with Crippen molar-refractivity contribution in [3.05, 3.63) is 35.4 Å². The molecule has 6 aliphatic rings. The average molecular weight is 1600 g/mol. The first-order chi connectivity index (χ1) is 52.3. The van der Waals surface area contributed by atoms with Crippen molar-refractivity contribution >= 4 is 100 Å². The molecule has 4 bridgehead atoms. The molecular weight excluding hydrogens is 1470 g/mol. The summed E-state index contributed by atoms with van der Waals surface area (Å²) in [6.45, 7) is 16.3. The molecule has 0 aromatic heterocycles. The SMILES string of the molecule is CC(C)[C@]1(C)NC(=O)[C@H](CC2CCC(O)CC2)NC(=O)[C@@H]2CCC(=O)NCCCC[C@H](NC(=O)[C@H](CC3CCC(O)CC3)NC(=O)[C@H](C(C)(C)C)NC(=O)CCSCc3cccc(c3)CSC[C@@H](C(N)=O)NC(=O)[C@H]([C@@H](C)O)NC1=O)C(=O)N[C@@H]([C@@H](C)O)C(=O)N[C@@H](CC1CNC3NCCCC13)C(=O)NC(C)(C)C(=O)N2. The van der Waals surface area contributed by atoms with Gasteiger partial charge in [-0.1, -0.05) is 58.9 Å². The van der Waals surface area contributed by atoms with Crippen LogP contribution in [0.25, 0.3) is 0 Å². The second-order valence-corrected chi connectivity index (χ2v) is 35.6. The Hall–Kier alpha value is -7.21. The normalized spacial score (nSPS) is 33.0. The molecule has 4 heterocycles. The van der Waals surface area contributed by atoms with Crippen LogP contribution in [0.3, 0.4) is 0 Å². The van der Waals surface area contributed by atoms with Crippen molar-refractivity contribution < 1.29 is 82.8 Å². The van der Waals surface area contributed by atoms with E-state index < -0.39 is 191 Å². The van der Waals surface area contributed by atoms with Gasteiger partial charge in [0.1, 0.15) is 65.5 Å². The van der Waals surface area contributed by atoms with Crippen LogP contribution in [-0.4, -0.2) is 224 Å². The molecule has 622 valence electrons. The fourth-order valence-electron chi connectivity index (χ4n) is 15.2. The number of hydrogen-bond acceptors (Lipinski definition) is 21. The summed E-state index contributed by atoms with van der Waals surface area (Å²) in [4.78, 5) is 190. The van der Waals surface area contributed by atoms with Crippen molar-refractivity contribution in [2.24, 2.45) is 40.7 Å². The maximum atomic E-state index is 15.2. The summed E-state index contributed by atoms with van der Waals surface area (Å²) >= 11 is 2.75. The van der Waals surface area contributed by atoms with Crippen LogP contribution in [0.2, 0.25) is 0 Å². The van der Waals surface area contributed by atoms with Crippen molar-refractivity contribution in [2.45, 2.75) is 299 Å². The van der Waals surface area contributed by atoms with Crippen molar-refractivity contribution in [1.82, 2.24) is 74.4 Å². The van der Waals surface area contributed by atoms with Crippen LogP contribution in [0.15, 0.2) is 24.3 Å². The molecule has 7 rings (SSSR count). The second kappa shape index (κ2) is 42.2. The molecule has 3 unspecified atom stereocenters. The standard InChI is InChI=1S/C77H125N15O17S2/c1-41(2)77(10)74(109)90-61(43(4)94)71(106)86-57(63(78)99)40-111-39-47-16-13-15-46(33-47)38-110-32-29-59(98)88-62(75(5,6)7)72(107)85-54(34-44-19-23-49(95)24-20-44)67(102)82-52-18-11-12-30-79-58(97)28-27-53(65(100)83-55(69(104)92-77)35-45-21-25-50(96)26-22-45)87-73(108)76(8,9)91-68(103)56(84-70(105)60(42(3)93)89-66(52)101)36-48-37-81-64-51(48)17-14-31-80-64/h13,15-16,33,41-45,48-57,60-62,64,80-81,93-96H,11-12,14,17-32,34-40H2,1-10H3,(H2,78,99)(H,79,97)(H,82,102)(H,83,100)(H,84,105)(H,85,107)(H,86,106)(H,87,108)(H,88,98)(H,89,101)(H,90,109)(H,91,103)(H,92,104)/t42-,43-,44?,45?,48?,49?,50?,51?,52+,53+,54+,55+,56+,57+,60+,61+,62-,64?,77+/m1/s1. The number of primary amides is 1. The fourth-order valence-corrected chi connectivity index (χ4v) is 17.1. The molecule has 2 aliphatic carbocycles. The summed E-state index contributed by atoms with van der Waals surface area (Å²) < 4.78 is 0. The van der Waals surface area contributed by atoms with E-state index in [2.05, 4.69) is 74.4 Å². The van der Waals surface area contributed by atoms with Crippen molar-refractivity contribution in [1.29, 1.82) is 0 Å². The van der Waals surface area contributed by atoms with E-state index in [0.29, 0.717) is 75.2 Å². The summed E-state index contributed by atoms with van der Waals surface area (Å²) in [5.74, 6) is -11.1. The van der Waals surface area contributed by atoms with E-state index in [0.717, 1.165) is 30.5 Å². The van der Waals surface area contributed by atoms with Gasteiger partial charge in [-0.2, -0.15) is 23.5 Å². The molecule has 2 saturated carbocycles. The maximum absolute atomic E-state index is 15.2. The molecule has 13 amide bonds. The molecule has 1 aromatic rings. The summed E-state index contributed by atoms with van der Waals surface area (Å²) in [7, 11) is 0. The molecule has 32 nitrogen and oxygen atoms in total. The first-order valence-electron chi connectivity index (χ1n) is 39.7.